The van der Waals surface area contributed by atoms with Gasteiger partial charge < -0.3 is 10.2 Å². The van der Waals surface area contributed by atoms with Gasteiger partial charge >= 0.3 is 0 Å². The maximum atomic E-state index is 5.96. The number of hydrogen-bond acceptors (Lipinski definition) is 6. The Hall–Kier alpha value is -1.56. The third-order valence-electron chi connectivity index (χ3n) is 3.29. The first kappa shape index (κ1) is 12.5. The van der Waals surface area contributed by atoms with Gasteiger partial charge in [-0.2, -0.15) is 0 Å². The number of rotatable bonds is 3. The van der Waals surface area contributed by atoms with E-state index in [0.29, 0.717) is 17.0 Å². The number of aromatic nitrogens is 3. The Bertz CT molecular complexity index is 614. The van der Waals surface area contributed by atoms with Crippen LogP contribution in [0.25, 0.3) is 0 Å². The van der Waals surface area contributed by atoms with Gasteiger partial charge in [0.25, 0.3) is 5.22 Å². The largest absolute Gasteiger partial charge is 0.436 e. The molecule has 19 heavy (non-hydrogen) atoms. The second-order valence-electron chi connectivity index (χ2n) is 4.89. The highest BCUT2D eigenvalue weighted by atomic mass is 32.2. The molecule has 0 amide bonds. The molecule has 0 radical (unpaired) electrons. The Kier molecular flexibility index (Phi) is 2.97. The van der Waals surface area contributed by atoms with Crippen LogP contribution in [-0.4, -0.2) is 15.0 Å². The molecule has 6 heteroatoms. The number of anilines is 1. The van der Waals surface area contributed by atoms with Crippen molar-refractivity contribution in [3.8, 4) is 0 Å². The lowest BCUT2D eigenvalue weighted by atomic mass is 10.3. The molecule has 3 rings (SSSR count). The minimum atomic E-state index is 0.482. The summed E-state index contributed by atoms with van der Waals surface area (Å²) in [5.41, 5.74) is 7.76. The molecule has 0 bridgehead atoms. The Morgan fingerprint density at radius 1 is 1.16 bits per heavy atom. The zero-order valence-electron chi connectivity index (χ0n) is 11.2. The molecule has 100 valence electrons. The molecular formula is C13H16N4OS. The summed E-state index contributed by atoms with van der Waals surface area (Å²) < 4.78 is 5.58. The minimum Gasteiger partial charge on any atom is -0.436 e. The standard InChI is InChI=1S/C13H16N4OS/c1-6-10(14)16-11(9-4-5-9)17-12(6)19-13-15-7(2)8(3)18-13/h9H,4-5H2,1-3H3,(H2,14,16,17). The Balaban J connectivity index is 1.94. The van der Waals surface area contributed by atoms with E-state index in [-0.39, 0.29) is 0 Å². The highest BCUT2D eigenvalue weighted by Crippen LogP contribution is 2.40. The van der Waals surface area contributed by atoms with Crippen molar-refractivity contribution < 1.29 is 4.42 Å². The fourth-order valence-corrected chi connectivity index (χ4v) is 2.63. The number of aryl methyl sites for hydroxylation is 2. The lowest BCUT2D eigenvalue weighted by Crippen LogP contribution is -2.03. The van der Waals surface area contributed by atoms with E-state index >= 15 is 0 Å². The maximum Gasteiger partial charge on any atom is 0.262 e. The molecule has 0 saturated heterocycles. The van der Waals surface area contributed by atoms with Crippen LogP contribution in [0.5, 0.6) is 0 Å². The Morgan fingerprint density at radius 2 is 1.89 bits per heavy atom. The molecule has 0 spiro atoms. The van der Waals surface area contributed by atoms with Crippen molar-refractivity contribution in [2.24, 2.45) is 0 Å². The Labute approximate surface area is 116 Å². The van der Waals surface area contributed by atoms with Gasteiger partial charge in [-0.05, 0) is 45.4 Å². The second kappa shape index (κ2) is 4.52. The maximum absolute atomic E-state index is 5.96. The van der Waals surface area contributed by atoms with E-state index in [9.17, 15) is 0 Å². The molecule has 2 aromatic heterocycles. The van der Waals surface area contributed by atoms with Gasteiger partial charge in [-0.15, -0.1) is 0 Å². The molecule has 2 aromatic rings. The number of nitrogens with two attached hydrogens (primary N) is 1. The molecule has 1 saturated carbocycles. The van der Waals surface area contributed by atoms with E-state index in [2.05, 4.69) is 15.0 Å². The third kappa shape index (κ3) is 2.45. The first-order chi connectivity index (χ1) is 9.04. The molecular weight excluding hydrogens is 260 g/mol. The number of nitrogens with zero attached hydrogens (tertiary/aromatic N) is 3. The van der Waals surface area contributed by atoms with Crippen LogP contribution in [0.15, 0.2) is 14.7 Å². The summed E-state index contributed by atoms with van der Waals surface area (Å²) in [5, 5.41) is 1.45. The van der Waals surface area contributed by atoms with E-state index < -0.39 is 0 Å². The van der Waals surface area contributed by atoms with Gasteiger partial charge in [-0.25, -0.2) is 15.0 Å². The summed E-state index contributed by atoms with van der Waals surface area (Å²) >= 11 is 1.41. The quantitative estimate of drug-likeness (QED) is 0.868. The average molecular weight is 276 g/mol. The van der Waals surface area contributed by atoms with E-state index in [1.165, 1.54) is 11.8 Å². The first-order valence-electron chi connectivity index (χ1n) is 6.30. The molecule has 5 nitrogen and oxygen atoms in total. The summed E-state index contributed by atoms with van der Waals surface area (Å²) in [6.45, 7) is 5.76. The van der Waals surface area contributed by atoms with Crippen LogP contribution in [0.3, 0.4) is 0 Å². The lowest BCUT2D eigenvalue weighted by molar-refractivity contribution is 0.431. The van der Waals surface area contributed by atoms with Crippen molar-refractivity contribution in [2.45, 2.75) is 49.8 Å². The molecule has 1 aliphatic carbocycles. The van der Waals surface area contributed by atoms with E-state index in [0.717, 1.165) is 40.7 Å². The van der Waals surface area contributed by atoms with Crippen LogP contribution in [0, 0.1) is 20.8 Å². The van der Waals surface area contributed by atoms with Gasteiger partial charge in [0, 0.05) is 11.5 Å². The van der Waals surface area contributed by atoms with Crippen LogP contribution in [-0.2, 0) is 0 Å². The van der Waals surface area contributed by atoms with Crippen LogP contribution in [0.4, 0.5) is 5.82 Å². The Morgan fingerprint density at radius 3 is 2.47 bits per heavy atom. The van der Waals surface area contributed by atoms with Crippen LogP contribution < -0.4 is 5.73 Å². The minimum absolute atomic E-state index is 0.482. The van der Waals surface area contributed by atoms with Crippen molar-refractivity contribution >= 4 is 17.6 Å². The fraction of sp³-hybridized carbons (Fsp3) is 0.462. The smallest absolute Gasteiger partial charge is 0.262 e. The normalized spacial score (nSPS) is 14.9. The van der Waals surface area contributed by atoms with Crippen LogP contribution in [0.1, 0.15) is 41.6 Å². The van der Waals surface area contributed by atoms with Crippen LogP contribution in [0.2, 0.25) is 0 Å². The molecule has 0 atom stereocenters. The monoisotopic (exact) mass is 276 g/mol. The van der Waals surface area contributed by atoms with Gasteiger partial charge in [0.2, 0.25) is 0 Å². The molecule has 0 aliphatic heterocycles. The first-order valence-corrected chi connectivity index (χ1v) is 7.12. The number of oxazole rings is 1. The molecule has 0 unspecified atom stereocenters. The topological polar surface area (TPSA) is 77.8 Å². The predicted octanol–water partition coefficient (Wildman–Crippen LogP) is 3.00. The summed E-state index contributed by atoms with van der Waals surface area (Å²) in [6, 6.07) is 0. The molecule has 2 heterocycles. The van der Waals surface area contributed by atoms with Gasteiger partial charge in [-0.3, -0.25) is 0 Å². The van der Waals surface area contributed by atoms with Crippen molar-refractivity contribution in [2.75, 3.05) is 5.73 Å². The second-order valence-corrected chi connectivity index (χ2v) is 5.83. The zero-order chi connectivity index (χ0) is 13.6. The summed E-state index contributed by atoms with van der Waals surface area (Å²) in [7, 11) is 0. The summed E-state index contributed by atoms with van der Waals surface area (Å²) in [6.07, 6.45) is 2.31. The molecule has 0 aromatic carbocycles. The van der Waals surface area contributed by atoms with Crippen molar-refractivity contribution in [1.29, 1.82) is 0 Å². The summed E-state index contributed by atoms with van der Waals surface area (Å²) in [5.74, 6) is 2.73. The molecule has 1 fully saturated rings. The summed E-state index contributed by atoms with van der Waals surface area (Å²) in [4.78, 5) is 13.3. The fourth-order valence-electron chi connectivity index (χ4n) is 1.72. The highest BCUT2D eigenvalue weighted by molar-refractivity contribution is 7.99. The predicted molar refractivity (Wildman–Crippen MR) is 73.3 cm³/mol. The molecule has 2 N–H and O–H groups in total. The van der Waals surface area contributed by atoms with Crippen molar-refractivity contribution in [3.63, 3.8) is 0 Å². The van der Waals surface area contributed by atoms with Crippen molar-refractivity contribution in [1.82, 2.24) is 15.0 Å². The lowest BCUT2D eigenvalue weighted by Gasteiger charge is -2.07. The highest BCUT2D eigenvalue weighted by Gasteiger charge is 2.28. The van der Waals surface area contributed by atoms with E-state index in [1.54, 1.807) is 0 Å². The van der Waals surface area contributed by atoms with Gasteiger partial charge in [0.05, 0.1) is 5.69 Å². The van der Waals surface area contributed by atoms with Gasteiger partial charge in [-0.1, -0.05) is 0 Å². The average Bonchev–Trinajstić information content (AvgIpc) is 3.14. The zero-order valence-corrected chi connectivity index (χ0v) is 12.0. The van der Waals surface area contributed by atoms with E-state index in [1.807, 2.05) is 20.8 Å². The number of nitrogen functional groups attached to an aromatic ring is 1. The van der Waals surface area contributed by atoms with Gasteiger partial charge in [0.1, 0.15) is 22.4 Å². The van der Waals surface area contributed by atoms with Crippen molar-refractivity contribution in [3.05, 3.63) is 22.8 Å². The van der Waals surface area contributed by atoms with Crippen LogP contribution >= 0.6 is 11.8 Å². The molecule has 1 aliphatic rings. The SMILES string of the molecule is Cc1nc(Sc2nc(C3CC3)nc(N)c2C)oc1C. The van der Waals surface area contributed by atoms with E-state index in [4.69, 9.17) is 10.2 Å². The number of hydrogen-bond donors (Lipinski definition) is 1. The van der Waals surface area contributed by atoms with Gasteiger partial charge in [0.15, 0.2) is 0 Å². The third-order valence-corrected chi connectivity index (χ3v) is 4.23.